The lowest BCUT2D eigenvalue weighted by atomic mass is 9.99. The van der Waals surface area contributed by atoms with E-state index in [1.54, 1.807) is 0 Å². The molecule has 0 amide bonds. The Morgan fingerprint density at radius 3 is 0.755 bits per heavy atom. The number of phosphoric ester groups is 2. The summed E-state index contributed by atoms with van der Waals surface area (Å²) in [4.78, 5) is 72.8. The molecule has 0 radical (unpaired) electrons. The molecule has 7 atom stereocenters. The van der Waals surface area contributed by atoms with Crippen LogP contribution in [-0.4, -0.2) is 96.7 Å². The molecule has 0 saturated heterocycles. The van der Waals surface area contributed by atoms with Crippen LogP contribution in [0.2, 0.25) is 0 Å². The topological polar surface area (TPSA) is 237 Å². The largest absolute Gasteiger partial charge is 0.472 e. The molecule has 0 aliphatic heterocycles. The van der Waals surface area contributed by atoms with E-state index in [1.807, 2.05) is 0 Å². The van der Waals surface area contributed by atoms with Crippen molar-refractivity contribution in [2.24, 2.45) is 23.7 Å². The van der Waals surface area contributed by atoms with E-state index in [4.69, 9.17) is 37.0 Å². The smallest absolute Gasteiger partial charge is 0.462 e. The Morgan fingerprint density at radius 2 is 0.511 bits per heavy atom. The predicted octanol–water partition coefficient (Wildman–Crippen LogP) is 21.7. The Kier molecular flexibility index (Phi) is 63.1. The van der Waals surface area contributed by atoms with E-state index in [0.717, 1.165) is 114 Å². The van der Waals surface area contributed by atoms with Crippen LogP contribution in [0.5, 0.6) is 0 Å². The maximum absolute atomic E-state index is 13.1. The van der Waals surface area contributed by atoms with Crippen LogP contribution in [-0.2, 0) is 65.4 Å². The average molecular weight is 1380 g/mol. The first-order chi connectivity index (χ1) is 45.2. The molecule has 0 spiro atoms. The number of esters is 4. The quantitative estimate of drug-likeness (QED) is 0.0222. The van der Waals surface area contributed by atoms with Gasteiger partial charge < -0.3 is 33.8 Å². The summed E-state index contributed by atoms with van der Waals surface area (Å²) >= 11 is 0. The van der Waals surface area contributed by atoms with Crippen LogP contribution in [0.1, 0.15) is 376 Å². The van der Waals surface area contributed by atoms with Crippen molar-refractivity contribution in [2.75, 3.05) is 39.6 Å². The van der Waals surface area contributed by atoms with E-state index in [1.165, 1.54) is 173 Å². The molecule has 19 heteroatoms. The second-order valence-corrected chi connectivity index (χ2v) is 31.4. The standard InChI is InChI=1S/C75H146O17P2/c1-9-67(7)53-45-37-29-21-15-13-11-12-14-16-23-32-41-49-57-74(79)91-70(61-85-72(77)55-47-39-31-25-19-20-27-35-43-51-65(3)4)63-89-93(81,82)87-59-69(76)60-88-94(83,84)90-64-71(62-86-73(78)56-48-40-34-26-28-36-44-52-66(5)6)92-75(80)58-50-42-33-24-18-17-22-30-38-46-54-68(8)10-2/h65-71,76H,9-64H2,1-8H3,(H,81,82)(H,83,84)/t67?,68?,69?,70-,71-/m1/s1. The van der Waals surface area contributed by atoms with Gasteiger partial charge in [-0.3, -0.25) is 37.3 Å². The molecule has 0 aromatic heterocycles. The highest BCUT2D eigenvalue weighted by Gasteiger charge is 2.30. The minimum Gasteiger partial charge on any atom is -0.462 e. The summed E-state index contributed by atoms with van der Waals surface area (Å²) in [5, 5.41) is 10.6. The van der Waals surface area contributed by atoms with Crippen molar-refractivity contribution in [3.05, 3.63) is 0 Å². The number of phosphoric acid groups is 2. The summed E-state index contributed by atoms with van der Waals surface area (Å²) in [5.74, 6) is 0.975. The maximum Gasteiger partial charge on any atom is 0.472 e. The summed E-state index contributed by atoms with van der Waals surface area (Å²) in [6.07, 6.45) is 48.5. The van der Waals surface area contributed by atoms with Crippen molar-refractivity contribution in [3.8, 4) is 0 Å². The van der Waals surface area contributed by atoms with Gasteiger partial charge in [-0.2, -0.15) is 0 Å². The Balaban J connectivity index is 5.25. The van der Waals surface area contributed by atoms with Crippen molar-refractivity contribution >= 4 is 39.5 Å². The van der Waals surface area contributed by atoms with Gasteiger partial charge in [-0.25, -0.2) is 9.13 Å². The number of rotatable bonds is 72. The van der Waals surface area contributed by atoms with Crippen molar-refractivity contribution in [2.45, 2.75) is 395 Å². The molecule has 5 unspecified atom stereocenters. The Bertz CT molecular complexity index is 1850. The first-order valence-electron chi connectivity index (χ1n) is 38.8. The van der Waals surface area contributed by atoms with Crippen molar-refractivity contribution in [1.82, 2.24) is 0 Å². The fraction of sp³-hybridized carbons (Fsp3) is 0.947. The lowest BCUT2D eigenvalue weighted by molar-refractivity contribution is -0.161. The van der Waals surface area contributed by atoms with Gasteiger partial charge in [0.05, 0.1) is 26.4 Å². The SMILES string of the molecule is CCC(C)CCCCCCCCCCCCCCCCC(=O)O[C@H](COC(=O)CCCCCCCCCCCC(C)C)COP(=O)(O)OCC(O)COP(=O)(O)OC[C@@H](COC(=O)CCCCCCCCCC(C)C)OC(=O)CCCCCCCCCCCCC(C)CC. The van der Waals surface area contributed by atoms with Gasteiger partial charge in [-0.15, -0.1) is 0 Å². The number of carbonyl (C=O) groups excluding carboxylic acids is 4. The molecule has 3 N–H and O–H groups in total. The van der Waals surface area contributed by atoms with Crippen LogP contribution in [0.25, 0.3) is 0 Å². The predicted molar refractivity (Wildman–Crippen MR) is 381 cm³/mol. The average Bonchev–Trinajstić information content (AvgIpc) is 1.23. The molecule has 0 bridgehead atoms. The number of hydrogen-bond donors (Lipinski definition) is 3. The molecule has 0 saturated carbocycles. The van der Waals surface area contributed by atoms with Crippen molar-refractivity contribution in [3.63, 3.8) is 0 Å². The highest BCUT2D eigenvalue weighted by molar-refractivity contribution is 7.47. The van der Waals surface area contributed by atoms with E-state index < -0.39 is 97.5 Å². The van der Waals surface area contributed by atoms with Gasteiger partial charge in [0.1, 0.15) is 19.3 Å². The molecule has 0 heterocycles. The minimum absolute atomic E-state index is 0.105. The van der Waals surface area contributed by atoms with E-state index in [0.29, 0.717) is 31.6 Å². The lowest BCUT2D eigenvalue weighted by Gasteiger charge is -2.21. The fourth-order valence-electron chi connectivity index (χ4n) is 11.3. The van der Waals surface area contributed by atoms with Gasteiger partial charge in [-0.1, -0.05) is 325 Å². The summed E-state index contributed by atoms with van der Waals surface area (Å²) in [7, 11) is -9.91. The molecule has 0 aromatic carbocycles. The Hall–Kier alpha value is -1.94. The third-order valence-electron chi connectivity index (χ3n) is 18.0. The minimum atomic E-state index is -4.96. The summed E-state index contributed by atoms with van der Waals surface area (Å²) in [6.45, 7) is 14.2. The van der Waals surface area contributed by atoms with Gasteiger partial charge in [0.15, 0.2) is 12.2 Å². The third kappa shape index (κ3) is 66.0. The zero-order valence-electron chi connectivity index (χ0n) is 61.6. The van der Waals surface area contributed by atoms with Gasteiger partial charge in [0.25, 0.3) is 0 Å². The highest BCUT2D eigenvalue weighted by atomic mass is 31.2. The number of unbranched alkanes of at least 4 members (excludes halogenated alkanes) is 36. The second kappa shape index (κ2) is 64.4. The van der Waals surface area contributed by atoms with Crippen LogP contribution < -0.4 is 0 Å². The molecule has 0 aliphatic carbocycles. The fourth-order valence-corrected chi connectivity index (χ4v) is 12.9. The molecule has 0 aromatic rings. The zero-order valence-corrected chi connectivity index (χ0v) is 63.4. The number of aliphatic hydroxyl groups excluding tert-OH is 1. The number of ether oxygens (including phenoxy) is 4. The lowest BCUT2D eigenvalue weighted by Crippen LogP contribution is -2.30. The number of hydrogen-bond acceptors (Lipinski definition) is 15. The van der Waals surface area contributed by atoms with E-state index in [2.05, 4.69) is 55.4 Å². The van der Waals surface area contributed by atoms with Crippen LogP contribution in [0.4, 0.5) is 0 Å². The molecule has 0 rings (SSSR count). The number of carbonyl (C=O) groups is 4. The van der Waals surface area contributed by atoms with Crippen LogP contribution >= 0.6 is 15.6 Å². The molecule has 94 heavy (non-hydrogen) atoms. The molecular formula is C75H146O17P2. The normalized spacial score (nSPS) is 14.7. The van der Waals surface area contributed by atoms with Gasteiger partial charge >= 0.3 is 39.5 Å². The highest BCUT2D eigenvalue weighted by Crippen LogP contribution is 2.45. The molecule has 0 aliphatic rings. The van der Waals surface area contributed by atoms with E-state index in [9.17, 15) is 43.2 Å². The van der Waals surface area contributed by atoms with Gasteiger partial charge in [0.2, 0.25) is 0 Å². The van der Waals surface area contributed by atoms with Crippen molar-refractivity contribution < 1.29 is 80.2 Å². The summed E-state index contributed by atoms with van der Waals surface area (Å²) in [6, 6.07) is 0. The van der Waals surface area contributed by atoms with Crippen LogP contribution in [0.3, 0.4) is 0 Å². The van der Waals surface area contributed by atoms with Gasteiger partial charge in [0, 0.05) is 25.7 Å². The van der Waals surface area contributed by atoms with Gasteiger partial charge in [-0.05, 0) is 49.4 Å². The summed E-state index contributed by atoms with van der Waals surface area (Å²) < 4.78 is 68.5. The summed E-state index contributed by atoms with van der Waals surface area (Å²) in [5.41, 5.74) is 0. The number of aliphatic hydroxyl groups is 1. The maximum atomic E-state index is 13.1. The van der Waals surface area contributed by atoms with Crippen LogP contribution in [0.15, 0.2) is 0 Å². The Morgan fingerprint density at radius 1 is 0.298 bits per heavy atom. The molecule has 558 valence electrons. The monoisotopic (exact) mass is 1380 g/mol. The van der Waals surface area contributed by atoms with Crippen LogP contribution in [0, 0.1) is 23.7 Å². The first kappa shape index (κ1) is 92.1. The molecule has 0 fully saturated rings. The first-order valence-corrected chi connectivity index (χ1v) is 41.8. The zero-order chi connectivity index (χ0) is 69.6. The van der Waals surface area contributed by atoms with Crippen molar-refractivity contribution in [1.29, 1.82) is 0 Å². The van der Waals surface area contributed by atoms with E-state index >= 15 is 0 Å². The second-order valence-electron chi connectivity index (χ2n) is 28.5. The van der Waals surface area contributed by atoms with E-state index in [-0.39, 0.29) is 25.7 Å². The molecule has 17 nitrogen and oxygen atoms in total. The third-order valence-corrected chi connectivity index (χ3v) is 19.9. The Labute approximate surface area is 575 Å². The molecular weight excluding hydrogens is 1230 g/mol.